The lowest BCUT2D eigenvalue weighted by Crippen LogP contribution is -2.07. The van der Waals surface area contributed by atoms with Crippen LogP contribution in [0.25, 0.3) is 0 Å². The highest BCUT2D eigenvalue weighted by Gasteiger charge is 2.15. The molecule has 15 heavy (non-hydrogen) atoms. The number of nitriles is 1. The Morgan fingerprint density at radius 2 is 2.20 bits per heavy atom. The average molecular weight is 203 g/mol. The molecule has 0 aliphatic rings. The van der Waals surface area contributed by atoms with E-state index in [4.69, 9.17) is 5.26 Å². The maximum Gasteiger partial charge on any atom is 0.339 e. The highest BCUT2D eigenvalue weighted by atomic mass is 16.5. The van der Waals surface area contributed by atoms with E-state index in [9.17, 15) is 9.59 Å². The number of methoxy groups -OCH3 is 1. The summed E-state index contributed by atoms with van der Waals surface area (Å²) >= 11 is 0. The molecule has 0 saturated heterocycles. The van der Waals surface area contributed by atoms with Gasteiger partial charge in [0, 0.05) is 5.56 Å². The summed E-state index contributed by atoms with van der Waals surface area (Å²) in [6.45, 7) is 1.74. The van der Waals surface area contributed by atoms with Crippen molar-refractivity contribution < 1.29 is 14.3 Å². The van der Waals surface area contributed by atoms with Crippen LogP contribution < -0.4 is 0 Å². The van der Waals surface area contributed by atoms with Crippen LogP contribution in [-0.2, 0) is 4.74 Å². The van der Waals surface area contributed by atoms with Gasteiger partial charge in [0.2, 0.25) is 0 Å². The SMILES string of the molecule is COC(=O)c1cc(C)cc(C=O)c1C#N. The van der Waals surface area contributed by atoms with Gasteiger partial charge >= 0.3 is 5.97 Å². The molecule has 0 aromatic heterocycles. The fraction of sp³-hybridized carbons (Fsp3) is 0.182. The van der Waals surface area contributed by atoms with Crippen LogP contribution in [0.2, 0.25) is 0 Å². The molecule has 1 rings (SSSR count). The molecular formula is C11H9NO3. The van der Waals surface area contributed by atoms with Crippen LogP contribution >= 0.6 is 0 Å². The number of ether oxygens (including phenoxy) is 1. The number of esters is 1. The third kappa shape index (κ3) is 2.02. The van der Waals surface area contributed by atoms with Crippen molar-refractivity contribution in [3.63, 3.8) is 0 Å². The van der Waals surface area contributed by atoms with E-state index in [0.717, 1.165) is 5.56 Å². The third-order valence-electron chi connectivity index (χ3n) is 1.96. The molecule has 0 radical (unpaired) electrons. The average Bonchev–Trinajstić information content (AvgIpc) is 2.26. The summed E-state index contributed by atoms with van der Waals surface area (Å²) in [6.07, 6.45) is 0.554. The Hall–Kier alpha value is -2.15. The molecule has 76 valence electrons. The Bertz CT molecular complexity index is 458. The third-order valence-corrected chi connectivity index (χ3v) is 1.96. The molecule has 1 aromatic carbocycles. The predicted octanol–water partition coefficient (Wildman–Crippen LogP) is 1.47. The van der Waals surface area contributed by atoms with Gasteiger partial charge < -0.3 is 4.74 Å². The lowest BCUT2D eigenvalue weighted by molar-refractivity contribution is 0.0600. The van der Waals surface area contributed by atoms with Crippen molar-refractivity contribution >= 4 is 12.3 Å². The number of rotatable bonds is 2. The maximum atomic E-state index is 11.3. The number of hydrogen-bond acceptors (Lipinski definition) is 4. The first-order valence-electron chi connectivity index (χ1n) is 4.22. The topological polar surface area (TPSA) is 67.2 Å². The molecule has 0 spiro atoms. The molecule has 4 heteroatoms. The smallest absolute Gasteiger partial charge is 0.339 e. The number of aldehydes is 1. The highest BCUT2D eigenvalue weighted by Crippen LogP contribution is 2.16. The first-order valence-corrected chi connectivity index (χ1v) is 4.22. The number of benzene rings is 1. The van der Waals surface area contributed by atoms with E-state index in [-0.39, 0.29) is 16.7 Å². The molecule has 0 aliphatic heterocycles. The molecule has 4 nitrogen and oxygen atoms in total. The lowest BCUT2D eigenvalue weighted by atomic mass is 10.00. The van der Waals surface area contributed by atoms with E-state index in [2.05, 4.69) is 4.74 Å². The number of aryl methyl sites for hydroxylation is 1. The largest absolute Gasteiger partial charge is 0.465 e. The highest BCUT2D eigenvalue weighted by molar-refractivity contribution is 5.96. The zero-order valence-corrected chi connectivity index (χ0v) is 8.40. The summed E-state index contributed by atoms with van der Waals surface area (Å²) in [5.74, 6) is -0.613. The molecule has 0 aliphatic carbocycles. The summed E-state index contributed by atoms with van der Waals surface area (Å²) in [4.78, 5) is 22.0. The molecule has 1 aromatic rings. The van der Waals surface area contributed by atoms with Crippen molar-refractivity contribution in [2.24, 2.45) is 0 Å². The summed E-state index contributed by atoms with van der Waals surface area (Å²) in [7, 11) is 1.23. The van der Waals surface area contributed by atoms with E-state index in [1.54, 1.807) is 13.0 Å². The van der Waals surface area contributed by atoms with Crippen molar-refractivity contribution in [1.82, 2.24) is 0 Å². The second kappa shape index (κ2) is 4.38. The fourth-order valence-corrected chi connectivity index (χ4v) is 1.30. The molecule has 0 N–H and O–H groups in total. The molecule has 0 unspecified atom stereocenters. The first kappa shape index (κ1) is 10.9. The van der Waals surface area contributed by atoms with Crippen molar-refractivity contribution in [2.75, 3.05) is 7.11 Å². The molecule has 0 bridgehead atoms. The van der Waals surface area contributed by atoms with Crippen molar-refractivity contribution in [2.45, 2.75) is 6.92 Å². The van der Waals surface area contributed by atoms with Crippen LogP contribution in [0.15, 0.2) is 12.1 Å². The second-order valence-electron chi connectivity index (χ2n) is 3.00. The van der Waals surface area contributed by atoms with Gasteiger partial charge in [0.15, 0.2) is 6.29 Å². The minimum absolute atomic E-state index is 0.0578. The maximum absolute atomic E-state index is 11.3. The summed E-state index contributed by atoms with van der Waals surface area (Å²) in [5.41, 5.74) is 1.12. The van der Waals surface area contributed by atoms with Crippen LogP contribution in [0.3, 0.4) is 0 Å². The van der Waals surface area contributed by atoms with Crippen LogP contribution in [0.1, 0.15) is 31.8 Å². The molecule has 0 heterocycles. The van der Waals surface area contributed by atoms with Gasteiger partial charge in [0.25, 0.3) is 0 Å². The van der Waals surface area contributed by atoms with Crippen molar-refractivity contribution in [3.8, 4) is 6.07 Å². The molecule has 0 amide bonds. The standard InChI is InChI=1S/C11H9NO3/c1-7-3-8(6-13)10(5-12)9(4-7)11(14)15-2/h3-4,6H,1-2H3. The van der Waals surface area contributed by atoms with Crippen LogP contribution in [0, 0.1) is 18.3 Å². The van der Waals surface area contributed by atoms with Gasteiger partial charge in [0.05, 0.1) is 18.2 Å². The summed E-state index contributed by atoms with van der Waals surface area (Å²) in [5, 5.41) is 8.85. The van der Waals surface area contributed by atoms with Crippen LogP contribution in [-0.4, -0.2) is 19.4 Å². The van der Waals surface area contributed by atoms with Crippen molar-refractivity contribution in [1.29, 1.82) is 5.26 Å². The molecule has 0 fully saturated rings. The fourth-order valence-electron chi connectivity index (χ4n) is 1.30. The zero-order valence-electron chi connectivity index (χ0n) is 8.40. The molecular weight excluding hydrogens is 194 g/mol. The second-order valence-corrected chi connectivity index (χ2v) is 3.00. The van der Waals surface area contributed by atoms with Gasteiger partial charge in [-0.2, -0.15) is 5.26 Å². The monoisotopic (exact) mass is 203 g/mol. The normalized spacial score (nSPS) is 9.13. The summed E-state index contributed by atoms with van der Waals surface area (Å²) < 4.78 is 4.53. The zero-order chi connectivity index (χ0) is 11.4. The number of carbonyl (C=O) groups is 2. The molecule has 0 saturated carbocycles. The van der Waals surface area contributed by atoms with Gasteiger partial charge in [-0.1, -0.05) is 0 Å². The van der Waals surface area contributed by atoms with E-state index >= 15 is 0 Å². The van der Waals surface area contributed by atoms with E-state index in [0.29, 0.717) is 6.29 Å². The Morgan fingerprint density at radius 3 is 2.67 bits per heavy atom. The van der Waals surface area contributed by atoms with Crippen LogP contribution in [0.4, 0.5) is 0 Å². The van der Waals surface area contributed by atoms with E-state index in [1.807, 2.05) is 6.07 Å². The van der Waals surface area contributed by atoms with Gasteiger partial charge in [-0.05, 0) is 24.6 Å². The Balaban J connectivity index is 3.50. The lowest BCUT2D eigenvalue weighted by Gasteiger charge is -2.05. The van der Waals surface area contributed by atoms with Gasteiger partial charge in [0.1, 0.15) is 6.07 Å². The minimum Gasteiger partial charge on any atom is -0.465 e. The number of nitrogens with zero attached hydrogens (tertiary/aromatic N) is 1. The van der Waals surface area contributed by atoms with Gasteiger partial charge in [-0.3, -0.25) is 4.79 Å². The van der Waals surface area contributed by atoms with Crippen molar-refractivity contribution in [3.05, 3.63) is 34.4 Å². The van der Waals surface area contributed by atoms with Crippen LogP contribution in [0.5, 0.6) is 0 Å². The van der Waals surface area contributed by atoms with E-state index < -0.39 is 5.97 Å². The number of carbonyl (C=O) groups excluding carboxylic acids is 2. The molecule has 0 atom stereocenters. The Kier molecular flexibility index (Phi) is 3.19. The minimum atomic E-state index is -0.613. The van der Waals surface area contributed by atoms with E-state index in [1.165, 1.54) is 13.2 Å². The Morgan fingerprint density at radius 1 is 1.53 bits per heavy atom. The Labute approximate surface area is 87.1 Å². The quantitative estimate of drug-likeness (QED) is 0.539. The number of hydrogen-bond donors (Lipinski definition) is 0. The summed E-state index contributed by atoms with van der Waals surface area (Å²) in [6, 6.07) is 4.90. The van der Waals surface area contributed by atoms with Gasteiger partial charge in [-0.15, -0.1) is 0 Å². The predicted molar refractivity (Wildman–Crippen MR) is 52.6 cm³/mol. The first-order chi connectivity index (χ1) is 7.13. The van der Waals surface area contributed by atoms with Gasteiger partial charge in [-0.25, -0.2) is 4.79 Å².